The molecule has 0 fully saturated rings. The van der Waals surface area contributed by atoms with Crippen molar-refractivity contribution in [2.45, 2.75) is 54.4 Å². The van der Waals surface area contributed by atoms with Crippen molar-refractivity contribution < 1.29 is 34.4 Å². The topological polar surface area (TPSA) is 63.3 Å². The van der Waals surface area contributed by atoms with E-state index in [0.29, 0.717) is 11.8 Å². The normalized spacial score (nSPS) is 11.8. The third-order valence-corrected chi connectivity index (χ3v) is 7.26. The van der Waals surface area contributed by atoms with E-state index in [4.69, 9.17) is 14.5 Å². The minimum absolute atomic E-state index is 0. The molecule has 1 radical (unpaired) electrons. The fourth-order valence-corrected chi connectivity index (χ4v) is 5.75. The maximum atomic E-state index is 10.0. The first-order valence-corrected chi connectivity index (χ1v) is 14.7. The number of carbonyl (C=O) groups excluding carboxylic acids is 1. The zero-order valence-corrected chi connectivity index (χ0v) is 28.0. The molecule has 2 aromatic heterocycles. The summed E-state index contributed by atoms with van der Waals surface area (Å²) in [6, 6.07) is 27.6. The number of nitrogens with zero attached hydrogens (tertiary/aromatic N) is 1. The summed E-state index contributed by atoms with van der Waals surface area (Å²) in [6.07, 6.45) is 5.07. The second-order valence-electron chi connectivity index (χ2n) is 11.9. The molecule has 2 heterocycles. The molecule has 0 amide bonds. The van der Waals surface area contributed by atoms with E-state index in [0.717, 1.165) is 51.4 Å². The Balaban J connectivity index is 0.000000475. The number of ketones is 1. The Labute approximate surface area is 267 Å². The van der Waals surface area contributed by atoms with Crippen LogP contribution in [0.25, 0.3) is 54.7 Å². The van der Waals surface area contributed by atoms with E-state index in [1.54, 1.807) is 0 Å². The van der Waals surface area contributed by atoms with E-state index in [-0.39, 0.29) is 31.6 Å². The molecule has 4 nitrogen and oxygen atoms in total. The molecule has 0 saturated carbocycles. The summed E-state index contributed by atoms with van der Waals surface area (Å²) >= 11 is 0. The smallest absolute Gasteiger partial charge is 0.155 e. The summed E-state index contributed by atoms with van der Waals surface area (Å²) in [6.45, 7) is 11.9. The summed E-state index contributed by atoms with van der Waals surface area (Å²) in [5.41, 5.74) is 6.31. The van der Waals surface area contributed by atoms with E-state index in [9.17, 15) is 4.79 Å². The first-order chi connectivity index (χ1) is 20.1. The molecule has 0 aliphatic rings. The number of aliphatic hydroxyl groups is 1. The summed E-state index contributed by atoms with van der Waals surface area (Å²) in [7, 11) is 0. The van der Waals surface area contributed by atoms with Crippen LogP contribution in [0.1, 0.15) is 52.7 Å². The SMILES string of the molecule is CC(=O)/C=C(/C)O.CC(C)Cc1cccc2c1oc1c(-c3[c-]c4ccc5ccccc5c4c(CC(C)C)c3)nccc12.[Ir]. The van der Waals surface area contributed by atoms with Gasteiger partial charge in [-0.15, -0.1) is 29.1 Å². The van der Waals surface area contributed by atoms with Gasteiger partial charge in [-0.05, 0) is 60.9 Å². The van der Waals surface area contributed by atoms with Crippen LogP contribution >= 0.6 is 0 Å². The van der Waals surface area contributed by atoms with Gasteiger partial charge in [0.05, 0.1) is 5.76 Å². The monoisotopic (exact) mass is 749 g/mol. The molecule has 0 atom stereocenters. The predicted octanol–water partition coefficient (Wildman–Crippen LogP) is 10.2. The van der Waals surface area contributed by atoms with E-state index < -0.39 is 0 Å². The van der Waals surface area contributed by atoms with Gasteiger partial charge in [-0.25, -0.2) is 0 Å². The van der Waals surface area contributed by atoms with Crippen molar-refractivity contribution >= 4 is 49.3 Å². The largest absolute Gasteiger partial charge is 0.512 e. The number of allylic oxidation sites excluding steroid dienone is 2. The number of para-hydroxylation sites is 1. The molecule has 0 bridgehead atoms. The van der Waals surface area contributed by atoms with Crippen LogP contribution in [0.2, 0.25) is 0 Å². The number of rotatable bonds is 6. The maximum Gasteiger partial charge on any atom is 0.155 e. The van der Waals surface area contributed by atoms with Gasteiger partial charge in [0.2, 0.25) is 0 Å². The first-order valence-electron chi connectivity index (χ1n) is 14.7. The van der Waals surface area contributed by atoms with Crippen LogP contribution in [0.4, 0.5) is 0 Å². The van der Waals surface area contributed by atoms with Gasteiger partial charge >= 0.3 is 0 Å². The Morgan fingerprint density at radius 1 is 0.860 bits per heavy atom. The second-order valence-corrected chi connectivity index (χ2v) is 11.9. The molecule has 1 N–H and O–H groups in total. The quantitative estimate of drug-likeness (QED) is 0.0798. The molecule has 4 aromatic carbocycles. The number of aliphatic hydroxyl groups excluding tert-OH is 1. The number of pyridine rings is 1. The van der Waals surface area contributed by atoms with Gasteiger partial charge < -0.3 is 9.52 Å². The number of furan rings is 1. The summed E-state index contributed by atoms with van der Waals surface area (Å²) in [5, 5.41) is 15.6. The number of aromatic nitrogens is 1. The summed E-state index contributed by atoms with van der Waals surface area (Å²) in [4.78, 5) is 14.8. The van der Waals surface area contributed by atoms with Gasteiger partial charge in [-0.2, -0.15) is 0 Å². The van der Waals surface area contributed by atoms with Crippen molar-refractivity contribution in [2.24, 2.45) is 11.8 Å². The Morgan fingerprint density at radius 2 is 1.53 bits per heavy atom. The third kappa shape index (κ3) is 7.06. The van der Waals surface area contributed by atoms with E-state index in [1.807, 2.05) is 6.20 Å². The molecule has 5 heteroatoms. The molecule has 0 spiro atoms. The minimum Gasteiger partial charge on any atom is -0.512 e. The average Bonchev–Trinajstić information content (AvgIpc) is 3.32. The number of carbonyl (C=O) groups is 1. The molecular weight excluding hydrogens is 711 g/mol. The van der Waals surface area contributed by atoms with Crippen LogP contribution in [-0.4, -0.2) is 15.9 Å². The Kier molecular flexibility index (Phi) is 10.2. The molecule has 6 rings (SSSR count). The molecular formula is C38H38IrNO3-. The van der Waals surface area contributed by atoms with Gasteiger partial charge in [0, 0.05) is 48.8 Å². The first kappa shape index (κ1) is 32.1. The molecule has 0 unspecified atom stereocenters. The fourth-order valence-electron chi connectivity index (χ4n) is 5.75. The Morgan fingerprint density at radius 3 is 2.21 bits per heavy atom. The van der Waals surface area contributed by atoms with Gasteiger partial charge in [0.25, 0.3) is 0 Å². The predicted molar refractivity (Wildman–Crippen MR) is 175 cm³/mol. The maximum absolute atomic E-state index is 10.0. The van der Waals surface area contributed by atoms with Crippen molar-refractivity contribution in [3.63, 3.8) is 0 Å². The minimum atomic E-state index is -0.125. The van der Waals surface area contributed by atoms with Gasteiger partial charge in [0.1, 0.15) is 11.2 Å². The van der Waals surface area contributed by atoms with Crippen molar-refractivity contribution in [1.82, 2.24) is 4.98 Å². The van der Waals surface area contributed by atoms with Crippen LogP contribution in [0.3, 0.4) is 0 Å². The average molecular weight is 749 g/mol. The Hall–Kier alpha value is -3.79. The molecule has 0 aliphatic carbocycles. The van der Waals surface area contributed by atoms with Gasteiger partial charge in [0.15, 0.2) is 5.78 Å². The van der Waals surface area contributed by atoms with Crippen LogP contribution in [0, 0.1) is 17.9 Å². The van der Waals surface area contributed by atoms with Crippen LogP contribution in [-0.2, 0) is 37.7 Å². The number of fused-ring (bicyclic) bond motifs is 6. The van der Waals surface area contributed by atoms with E-state index >= 15 is 0 Å². The van der Waals surface area contributed by atoms with Crippen molar-refractivity contribution in [3.8, 4) is 11.3 Å². The molecule has 6 aromatic rings. The third-order valence-electron chi connectivity index (χ3n) is 7.26. The second kappa shape index (κ2) is 13.7. The fraction of sp³-hybridized carbons (Fsp3) is 0.263. The molecule has 0 saturated heterocycles. The summed E-state index contributed by atoms with van der Waals surface area (Å²) < 4.78 is 6.59. The van der Waals surface area contributed by atoms with Gasteiger partial charge in [-0.1, -0.05) is 87.2 Å². The molecule has 0 aliphatic heterocycles. The zero-order valence-electron chi connectivity index (χ0n) is 25.6. The molecule has 43 heavy (non-hydrogen) atoms. The molecule has 223 valence electrons. The van der Waals surface area contributed by atoms with Crippen molar-refractivity contribution in [3.05, 3.63) is 102 Å². The van der Waals surface area contributed by atoms with E-state index in [2.05, 4.69) is 100 Å². The van der Waals surface area contributed by atoms with Gasteiger partial charge in [-0.3, -0.25) is 9.78 Å². The van der Waals surface area contributed by atoms with Crippen molar-refractivity contribution in [1.29, 1.82) is 0 Å². The number of hydrogen-bond acceptors (Lipinski definition) is 4. The summed E-state index contributed by atoms with van der Waals surface area (Å²) in [5.74, 6) is 1.04. The van der Waals surface area contributed by atoms with Crippen LogP contribution < -0.4 is 0 Å². The van der Waals surface area contributed by atoms with E-state index in [1.165, 1.54) is 47.2 Å². The van der Waals surface area contributed by atoms with Crippen LogP contribution in [0.5, 0.6) is 0 Å². The zero-order chi connectivity index (χ0) is 30.0. The standard InChI is InChI=1S/C33H30NO.C5H8O2.Ir/c1-20(2)16-24-9-7-11-28-29-14-15-34-31(33(29)35-32(24)28)26-18-23-13-12-22-8-5-6-10-27(22)30(23)25(19-26)17-21(3)4;1-4(6)3-5(2)7;/h5-15,19-21H,16-17H2,1-4H3;3,6H,1-2H3;/q-1;;/b;4-3-;. The Bertz CT molecular complexity index is 1940. The number of hydrogen-bond donors (Lipinski definition) is 1. The number of benzene rings is 4. The van der Waals surface area contributed by atoms with Crippen molar-refractivity contribution in [2.75, 3.05) is 0 Å². The van der Waals surface area contributed by atoms with Crippen LogP contribution in [0.15, 0.2) is 89.2 Å².